The number of carboxylic acid groups (broad SMARTS) is 1. The second-order valence-corrected chi connectivity index (χ2v) is 7.42. The highest BCUT2D eigenvalue weighted by molar-refractivity contribution is 5.98. The fourth-order valence-corrected chi connectivity index (χ4v) is 3.85. The number of aromatic carboxylic acids is 1. The van der Waals surface area contributed by atoms with Gasteiger partial charge in [0.2, 0.25) is 0 Å². The van der Waals surface area contributed by atoms with Gasteiger partial charge in [-0.25, -0.2) is 13.6 Å². The zero-order chi connectivity index (χ0) is 22.7. The van der Waals surface area contributed by atoms with Gasteiger partial charge in [-0.1, -0.05) is 30.3 Å². The van der Waals surface area contributed by atoms with Crippen LogP contribution < -0.4 is 10.1 Å². The Morgan fingerprint density at radius 2 is 1.78 bits per heavy atom. The molecule has 0 saturated carbocycles. The number of rotatable bonds is 8. The minimum Gasteiger partial charge on any atom is -0.497 e. The average molecular weight is 436 g/mol. The van der Waals surface area contributed by atoms with Gasteiger partial charge in [0.25, 0.3) is 0 Å². The van der Waals surface area contributed by atoms with Gasteiger partial charge in [-0.05, 0) is 35.9 Å². The van der Waals surface area contributed by atoms with Gasteiger partial charge in [0.15, 0.2) is 0 Å². The Labute approximate surface area is 183 Å². The molecule has 0 aliphatic heterocycles. The van der Waals surface area contributed by atoms with Crippen LogP contribution >= 0.6 is 0 Å². The van der Waals surface area contributed by atoms with E-state index in [2.05, 4.69) is 5.32 Å². The van der Waals surface area contributed by atoms with Crippen molar-refractivity contribution in [3.8, 4) is 5.75 Å². The average Bonchev–Trinajstić information content (AvgIpc) is 3.09. The van der Waals surface area contributed by atoms with Gasteiger partial charge in [-0.2, -0.15) is 0 Å². The van der Waals surface area contributed by atoms with Crippen molar-refractivity contribution in [2.24, 2.45) is 0 Å². The largest absolute Gasteiger partial charge is 0.497 e. The van der Waals surface area contributed by atoms with Crippen molar-refractivity contribution < 1.29 is 23.4 Å². The summed E-state index contributed by atoms with van der Waals surface area (Å²) < 4.78 is 34.3. The van der Waals surface area contributed by atoms with E-state index in [0.29, 0.717) is 22.4 Å². The predicted octanol–water partition coefficient (Wildman–Crippen LogP) is 4.96. The molecule has 0 radical (unpaired) electrons. The Hall–Kier alpha value is -3.71. The van der Waals surface area contributed by atoms with Crippen LogP contribution in [0.2, 0.25) is 0 Å². The number of hydrogen-bond donors (Lipinski definition) is 2. The molecule has 164 valence electrons. The zero-order valence-corrected chi connectivity index (χ0v) is 17.4. The number of hydrogen-bond acceptors (Lipinski definition) is 3. The van der Waals surface area contributed by atoms with Gasteiger partial charge < -0.3 is 19.7 Å². The first-order valence-corrected chi connectivity index (χ1v) is 10.1. The molecule has 0 atom stereocenters. The normalized spacial score (nSPS) is 11.1. The summed E-state index contributed by atoms with van der Waals surface area (Å²) >= 11 is 0. The number of nitrogens with one attached hydrogen (secondary N) is 1. The highest BCUT2D eigenvalue weighted by Gasteiger charge is 2.23. The SMILES string of the molecule is COc1ccc2c(CNCc3ccccc3F)c(C(=O)O)n(Cc3ccc(F)cc3)c2c1. The number of nitrogens with zero attached hydrogens (tertiary/aromatic N) is 1. The van der Waals surface area contributed by atoms with Crippen LogP contribution in [0.4, 0.5) is 8.78 Å². The molecule has 4 rings (SSSR count). The third kappa shape index (κ3) is 4.33. The Kier molecular flexibility index (Phi) is 6.18. The minimum atomic E-state index is -1.08. The van der Waals surface area contributed by atoms with E-state index in [0.717, 1.165) is 10.9 Å². The molecule has 0 aliphatic rings. The van der Waals surface area contributed by atoms with Crippen molar-refractivity contribution in [1.29, 1.82) is 0 Å². The third-order valence-electron chi connectivity index (χ3n) is 5.41. The van der Waals surface area contributed by atoms with Gasteiger partial charge in [0, 0.05) is 42.2 Å². The molecule has 1 heterocycles. The smallest absolute Gasteiger partial charge is 0.352 e. The molecule has 0 saturated heterocycles. The number of carbonyl (C=O) groups is 1. The monoisotopic (exact) mass is 436 g/mol. The number of fused-ring (bicyclic) bond motifs is 1. The molecule has 0 aliphatic carbocycles. The van der Waals surface area contributed by atoms with E-state index in [4.69, 9.17) is 4.74 Å². The summed E-state index contributed by atoms with van der Waals surface area (Å²) in [4.78, 5) is 12.3. The van der Waals surface area contributed by atoms with Crippen LogP contribution in [0.15, 0.2) is 66.7 Å². The quantitative estimate of drug-likeness (QED) is 0.410. The van der Waals surface area contributed by atoms with Crippen LogP contribution in [0, 0.1) is 11.6 Å². The highest BCUT2D eigenvalue weighted by atomic mass is 19.1. The molecule has 0 amide bonds. The summed E-state index contributed by atoms with van der Waals surface area (Å²) in [5.74, 6) is -1.16. The molecule has 0 spiro atoms. The number of ether oxygens (including phenoxy) is 1. The van der Waals surface area contributed by atoms with Crippen molar-refractivity contribution in [1.82, 2.24) is 9.88 Å². The molecule has 7 heteroatoms. The fraction of sp³-hybridized carbons (Fsp3) is 0.160. The molecule has 3 aromatic carbocycles. The molecule has 4 aromatic rings. The van der Waals surface area contributed by atoms with Crippen LogP contribution in [0.5, 0.6) is 5.75 Å². The Balaban J connectivity index is 1.75. The van der Waals surface area contributed by atoms with E-state index in [9.17, 15) is 18.7 Å². The number of methoxy groups -OCH3 is 1. The molecule has 0 bridgehead atoms. The van der Waals surface area contributed by atoms with Crippen LogP contribution in [0.3, 0.4) is 0 Å². The maximum Gasteiger partial charge on any atom is 0.352 e. The number of aromatic nitrogens is 1. The van der Waals surface area contributed by atoms with Crippen molar-refractivity contribution in [2.45, 2.75) is 19.6 Å². The molecule has 1 aromatic heterocycles. The highest BCUT2D eigenvalue weighted by Crippen LogP contribution is 2.31. The summed E-state index contributed by atoms with van der Waals surface area (Å²) in [5.41, 5.74) is 2.67. The second kappa shape index (κ2) is 9.20. The van der Waals surface area contributed by atoms with Crippen molar-refractivity contribution in [2.75, 3.05) is 7.11 Å². The van der Waals surface area contributed by atoms with Crippen LogP contribution in [-0.4, -0.2) is 22.8 Å². The van der Waals surface area contributed by atoms with Gasteiger partial charge in [-0.3, -0.25) is 0 Å². The van der Waals surface area contributed by atoms with Gasteiger partial charge >= 0.3 is 5.97 Å². The summed E-state index contributed by atoms with van der Waals surface area (Å²) in [6.07, 6.45) is 0. The van der Waals surface area contributed by atoms with Gasteiger partial charge in [-0.15, -0.1) is 0 Å². The van der Waals surface area contributed by atoms with Crippen LogP contribution in [0.1, 0.15) is 27.2 Å². The van der Waals surface area contributed by atoms with Crippen molar-refractivity contribution >= 4 is 16.9 Å². The minimum absolute atomic E-state index is 0.124. The van der Waals surface area contributed by atoms with Crippen molar-refractivity contribution in [3.05, 3.63) is 101 Å². The molecule has 0 unspecified atom stereocenters. The molecule has 5 nitrogen and oxygen atoms in total. The summed E-state index contributed by atoms with van der Waals surface area (Å²) in [5, 5.41) is 14.0. The van der Waals surface area contributed by atoms with Crippen molar-refractivity contribution in [3.63, 3.8) is 0 Å². The number of carboxylic acids is 1. The topological polar surface area (TPSA) is 63.5 Å². The van der Waals surface area contributed by atoms with Gasteiger partial charge in [0.05, 0.1) is 12.6 Å². The molecule has 2 N–H and O–H groups in total. The van der Waals surface area contributed by atoms with Gasteiger partial charge in [0.1, 0.15) is 23.1 Å². The fourth-order valence-electron chi connectivity index (χ4n) is 3.85. The number of benzene rings is 3. The number of halogens is 2. The summed E-state index contributed by atoms with van der Waals surface area (Å²) in [6, 6.07) is 17.8. The first kappa shape index (κ1) is 21.5. The summed E-state index contributed by atoms with van der Waals surface area (Å²) in [7, 11) is 1.55. The summed E-state index contributed by atoms with van der Waals surface area (Å²) in [6.45, 7) is 0.737. The van der Waals surface area contributed by atoms with Crippen LogP contribution in [-0.2, 0) is 19.6 Å². The predicted molar refractivity (Wildman–Crippen MR) is 118 cm³/mol. The Bertz CT molecular complexity index is 1270. The first-order chi connectivity index (χ1) is 15.5. The lowest BCUT2D eigenvalue weighted by molar-refractivity contribution is 0.0684. The Morgan fingerprint density at radius 3 is 2.47 bits per heavy atom. The van der Waals surface area contributed by atoms with E-state index >= 15 is 0 Å². The van der Waals surface area contributed by atoms with E-state index in [1.807, 2.05) is 6.07 Å². The lowest BCUT2D eigenvalue weighted by Crippen LogP contribution is -2.17. The lowest BCUT2D eigenvalue weighted by Gasteiger charge is -2.10. The maximum absolute atomic E-state index is 14.0. The molecular formula is C25H22F2N2O3. The van der Waals surface area contributed by atoms with E-state index in [-0.39, 0.29) is 37.0 Å². The molecule has 32 heavy (non-hydrogen) atoms. The third-order valence-corrected chi connectivity index (χ3v) is 5.41. The van der Waals surface area contributed by atoms with E-state index in [1.165, 1.54) is 18.2 Å². The second-order valence-electron chi connectivity index (χ2n) is 7.42. The zero-order valence-electron chi connectivity index (χ0n) is 17.4. The maximum atomic E-state index is 14.0. The molecular weight excluding hydrogens is 414 g/mol. The Morgan fingerprint density at radius 1 is 1.03 bits per heavy atom. The van der Waals surface area contributed by atoms with E-state index < -0.39 is 5.97 Å². The lowest BCUT2D eigenvalue weighted by atomic mass is 10.1. The van der Waals surface area contributed by atoms with Crippen LogP contribution in [0.25, 0.3) is 10.9 Å². The van der Waals surface area contributed by atoms with E-state index in [1.54, 1.807) is 54.1 Å². The standard InChI is InChI=1S/C25H22F2N2O3/c1-32-19-10-11-20-21(14-28-13-17-4-2-3-5-22(17)27)24(25(30)31)29(23(20)12-19)15-16-6-8-18(26)9-7-16/h2-12,28H,13-15H2,1H3,(H,30,31). The first-order valence-electron chi connectivity index (χ1n) is 10.1. The molecule has 0 fully saturated rings.